The van der Waals surface area contributed by atoms with Crippen molar-refractivity contribution >= 4 is 33.2 Å². The van der Waals surface area contributed by atoms with Crippen LogP contribution < -0.4 is 4.74 Å². The summed E-state index contributed by atoms with van der Waals surface area (Å²) in [5, 5.41) is 4.92. The molecule has 0 amide bonds. The van der Waals surface area contributed by atoms with Gasteiger partial charge in [0.25, 0.3) is 0 Å². The Labute approximate surface area is 118 Å². The Morgan fingerprint density at radius 1 is 1.50 bits per heavy atom. The van der Waals surface area contributed by atoms with Gasteiger partial charge in [0, 0.05) is 0 Å². The van der Waals surface area contributed by atoms with Gasteiger partial charge in [-0.05, 0) is 19.4 Å². The van der Waals surface area contributed by atoms with Crippen LogP contribution in [0.25, 0.3) is 15.9 Å². The summed E-state index contributed by atoms with van der Waals surface area (Å²) in [5.41, 5.74) is 1.42. The van der Waals surface area contributed by atoms with Gasteiger partial charge in [-0.25, -0.2) is 9.78 Å². The number of rotatable bonds is 3. The SMILES string of the molecule is CCOC(=O)c1sc2ncn3nc(OC)nc3c2c1C. The molecule has 3 heterocycles. The molecule has 0 unspecified atom stereocenters. The Morgan fingerprint density at radius 2 is 2.30 bits per heavy atom. The fourth-order valence-electron chi connectivity index (χ4n) is 1.99. The first kappa shape index (κ1) is 12.8. The van der Waals surface area contributed by atoms with E-state index in [2.05, 4.69) is 15.1 Å². The van der Waals surface area contributed by atoms with Crippen LogP contribution in [0.5, 0.6) is 6.01 Å². The summed E-state index contributed by atoms with van der Waals surface area (Å²) in [4.78, 5) is 21.8. The standard InChI is InChI=1S/C12H12N4O3S/c1-4-19-11(17)8-6(2)7-9-14-12(18-3)15-16(9)5-13-10(7)20-8/h5H,4H2,1-3H3. The van der Waals surface area contributed by atoms with E-state index in [4.69, 9.17) is 9.47 Å². The zero-order valence-corrected chi connectivity index (χ0v) is 12.0. The monoisotopic (exact) mass is 292 g/mol. The second-order valence-corrected chi connectivity index (χ2v) is 5.07. The molecule has 0 radical (unpaired) electrons. The van der Waals surface area contributed by atoms with Crippen molar-refractivity contribution in [1.82, 2.24) is 19.6 Å². The van der Waals surface area contributed by atoms with Crippen LogP contribution in [-0.2, 0) is 4.74 Å². The molecule has 0 aliphatic heterocycles. The Balaban J connectivity index is 2.28. The van der Waals surface area contributed by atoms with Crippen molar-refractivity contribution in [3.8, 4) is 6.01 Å². The van der Waals surface area contributed by atoms with E-state index in [0.717, 1.165) is 15.8 Å². The van der Waals surface area contributed by atoms with Crippen LogP contribution in [0.3, 0.4) is 0 Å². The van der Waals surface area contributed by atoms with Crippen molar-refractivity contribution in [3.63, 3.8) is 0 Å². The molecule has 0 bridgehead atoms. The van der Waals surface area contributed by atoms with E-state index in [1.54, 1.807) is 13.3 Å². The van der Waals surface area contributed by atoms with E-state index < -0.39 is 0 Å². The highest BCUT2D eigenvalue weighted by molar-refractivity contribution is 7.20. The first-order valence-corrected chi connectivity index (χ1v) is 6.83. The lowest BCUT2D eigenvalue weighted by Gasteiger charge is -1.99. The van der Waals surface area contributed by atoms with E-state index in [-0.39, 0.29) is 12.0 Å². The summed E-state index contributed by atoms with van der Waals surface area (Å²) in [6.07, 6.45) is 1.55. The van der Waals surface area contributed by atoms with Crippen molar-refractivity contribution < 1.29 is 14.3 Å². The number of hydrogen-bond donors (Lipinski definition) is 0. The average Bonchev–Trinajstić information content (AvgIpc) is 2.99. The van der Waals surface area contributed by atoms with E-state index in [0.29, 0.717) is 17.1 Å². The second kappa shape index (κ2) is 4.71. The van der Waals surface area contributed by atoms with Crippen LogP contribution in [0.2, 0.25) is 0 Å². The molecular weight excluding hydrogens is 280 g/mol. The largest absolute Gasteiger partial charge is 0.466 e. The molecule has 0 spiro atoms. The van der Waals surface area contributed by atoms with E-state index >= 15 is 0 Å². The molecule has 8 heteroatoms. The zero-order chi connectivity index (χ0) is 14.3. The predicted octanol–water partition coefficient (Wildman–Crippen LogP) is 1.83. The molecule has 20 heavy (non-hydrogen) atoms. The van der Waals surface area contributed by atoms with Gasteiger partial charge in [-0.2, -0.15) is 9.50 Å². The molecule has 0 aliphatic rings. The van der Waals surface area contributed by atoms with E-state index in [9.17, 15) is 4.79 Å². The molecule has 3 rings (SSSR count). The predicted molar refractivity (Wildman–Crippen MR) is 73.4 cm³/mol. The molecule has 104 valence electrons. The number of carbonyl (C=O) groups excluding carboxylic acids is 1. The van der Waals surface area contributed by atoms with Crippen molar-refractivity contribution in [2.75, 3.05) is 13.7 Å². The minimum atomic E-state index is -0.336. The molecule has 0 atom stereocenters. The van der Waals surface area contributed by atoms with Crippen LogP contribution in [0.4, 0.5) is 0 Å². The summed E-state index contributed by atoms with van der Waals surface area (Å²) in [5.74, 6) is -0.336. The van der Waals surface area contributed by atoms with Crippen LogP contribution in [0, 0.1) is 6.92 Å². The van der Waals surface area contributed by atoms with E-state index in [1.165, 1.54) is 23.0 Å². The highest BCUT2D eigenvalue weighted by Gasteiger charge is 2.20. The maximum Gasteiger partial charge on any atom is 0.348 e. The molecule has 0 aromatic carbocycles. The summed E-state index contributed by atoms with van der Waals surface area (Å²) >= 11 is 1.30. The third-order valence-corrected chi connectivity index (χ3v) is 4.07. The quantitative estimate of drug-likeness (QED) is 0.685. The Bertz CT molecular complexity index is 808. The van der Waals surface area contributed by atoms with E-state index in [1.807, 2.05) is 6.92 Å². The molecular formula is C12H12N4O3S. The summed E-state index contributed by atoms with van der Waals surface area (Å²) < 4.78 is 11.6. The lowest BCUT2D eigenvalue weighted by molar-refractivity contribution is 0.0531. The van der Waals surface area contributed by atoms with Crippen LogP contribution in [-0.4, -0.2) is 39.3 Å². The highest BCUT2D eigenvalue weighted by atomic mass is 32.1. The third-order valence-electron chi connectivity index (χ3n) is 2.89. The van der Waals surface area contributed by atoms with Crippen molar-refractivity contribution in [1.29, 1.82) is 0 Å². The summed E-state index contributed by atoms with van der Waals surface area (Å²) in [7, 11) is 1.50. The molecule has 7 nitrogen and oxygen atoms in total. The number of aryl methyl sites for hydroxylation is 1. The topological polar surface area (TPSA) is 78.6 Å². The number of methoxy groups -OCH3 is 1. The van der Waals surface area contributed by atoms with Gasteiger partial charge < -0.3 is 9.47 Å². The third kappa shape index (κ3) is 1.80. The normalized spacial score (nSPS) is 11.2. The van der Waals surface area contributed by atoms with Crippen molar-refractivity contribution in [2.45, 2.75) is 13.8 Å². The minimum absolute atomic E-state index is 0.266. The highest BCUT2D eigenvalue weighted by Crippen LogP contribution is 2.32. The Hall–Kier alpha value is -2.22. The Kier molecular flexibility index (Phi) is 3.01. The van der Waals surface area contributed by atoms with Crippen molar-refractivity contribution in [3.05, 3.63) is 16.8 Å². The molecule has 0 fully saturated rings. The number of carbonyl (C=O) groups is 1. The van der Waals surface area contributed by atoms with Crippen LogP contribution >= 0.6 is 11.3 Å². The Morgan fingerprint density at radius 3 is 3.00 bits per heavy atom. The number of esters is 1. The molecule has 0 saturated heterocycles. The summed E-state index contributed by atoms with van der Waals surface area (Å²) in [6, 6.07) is 0.266. The fraction of sp³-hybridized carbons (Fsp3) is 0.333. The average molecular weight is 292 g/mol. The van der Waals surface area contributed by atoms with Gasteiger partial charge in [-0.15, -0.1) is 16.4 Å². The van der Waals surface area contributed by atoms with Gasteiger partial charge in [0.2, 0.25) is 0 Å². The van der Waals surface area contributed by atoms with Gasteiger partial charge in [-0.3, -0.25) is 0 Å². The van der Waals surface area contributed by atoms with Gasteiger partial charge in [0.15, 0.2) is 5.65 Å². The first-order valence-electron chi connectivity index (χ1n) is 6.01. The molecule has 0 saturated carbocycles. The molecule has 0 aliphatic carbocycles. The maximum atomic E-state index is 11.9. The van der Waals surface area contributed by atoms with Crippen LogP contribution in [0.15, 0.2) is 6.33 Å². The van der Waals surface area contributed by atoms with Gasteiger partial charge >= 0.3 is 12.0 Å². The van der Waals surface area contributed by atoms with Gasteiger partial charge in [0.05, 0.1) is 19.1 Å². The molecule has 3 aromatic heterocycles. The van der Waals surface area contributed by atoms with Gasteiger partial charge in [0.1, 0.15) is 16.0 Å². The number of thiophene rings is 1. The number of fused-ring (bicyclic) bond motifs is 3. The smallest absolute Gasteiger partial charge is 0.348 e. The molecule has 3 aromatic rings. The number of nitrogens with zero attached hydrogens (tertiary/aromatic N) is 4. The molecule has 0 N–H and O–H groups in total. The minimum Gasteiger partial charge on any atom is -0.466 e. The maximum absolute atomic E-state index is 11.9. The summed E-state index contributed by atoms with van der Waals surface area (Å²) in [6.45, 7) is 3.97. The first-order chi connectivity index (χ1) is 9.65. The van der Waals surface area contributed by atoms with Crippen LogP contribution in [0.1, 0.15) is 22.2 Å². The number of ether oxygens (including phenoxy) is 2. The zero-order valence-electron chi connectivity index (χ0n) is 11.2. The fourth-order valence-corrected chi connectivity index (χ4v) is 3.03. The second-order valence-electron chi connectivity index (χ2n) is 4.07. The number of hydrogen-bond acceptors (Lipinski definition) is 7. The lowest BCUT2D eigenvalue weighted by Crippen LogP contribution is -2.03. The van der Waals surface area contributed by atoms with Gasteiger partial charge in [-0.1, -0.05) is 0 Å². The number of aromatic nitrogens is 4. The lowest BCUT2D eigenvalue weighted by atomic mass is 10.2. The van der Waals surface area contributed by atoms with Crippen molar-refractivity contribution in [2.24, 2.45) is 0 Å².